The first kappa shape index (κ1) is 20.2. The van der Waals surface area contributed by atoms with E-state index in [0.29, 0.717) is 18.7 Å². The SMILES string of the molecule is C[C@H](CNC(=O)Nc1ccc(C[C@@H]2NC(=O)NC2=O)cc1)N(C)c1ccccc1. The molecule has 1 saturated heterocycles. The van der Waals surface area contributed by atoms with Crippen LogP contribution >= 0.6 is 0 Å². The molecule has 3 rings (SSSR count). The van der Waals surface area contributed by atoms with Gasteiger partial charge in [-0.15, -0.1) is 0 Å². The van der Waals surface area contributed by atoms with Crippen LogP contribution in [0.25, 0.3) is 0 Å². The van der Waals surface area contributed by atoms with Crippen molar-refractivity contribution >= 4 is 29.3 Å². The van der Waals surface area contributed by atoms with E-state index in [0.717, 1.165) is 11.3 Å². The quantitative estimate of drug-likeness (QED) is 0.539. The van der Waals surface area contributed by atoms with Crippen LogP contribution in [0.15, 0.2) is 54.6 Å². The van der Waals surface area contributed by atoms with Gasteiger partial charge < -0.3 is 20.9 Å². The number of rotatable bonds is 7. The van der Waals surface area contributed by atoms with Crippen LogP contribution in [0.2, 0.25) is 0 Å². The van der Waals surface area contributed by atoms with Gasteiger partial charge in [0.05, 0.1) is 0 Å². The van der Waals surface area contributed by atoms with Crippen LogP contribution in [0.1, 0.15) is 12.5 Å². The molecule has 0 radical (unpaired) electrons. The number of carbonyl (C=O) groups is 3. The van der Waals surface area contributed by atoms with Crippen molar-refractivity contribution in [3.8, 4) is 0 Å². The number of urea groups is 2. The maximum absolute atomic E-state index is 12.2. The minimum atomic E-state index is -0.562. The monoisotopic (exact) mass is 395 g/mol. The normalized spacial score (nSPS) is 16.6. The Morgan fingerprint density at radius 1 is 1.10 bits per heavy atom. The van der Waals surface area contributed by atoms with Gasteiger partial charge in [-0.25, -0.2) is 9.59 Å². The van der Waals surface area contributed by atoms with E-state index in [1.165, 1.54) is 0 Å². The van der Waals surface area contributed by atoms with E-state index in [9.17, 15) is 14.4 Å². The maximum Gasteiger partial charge on any atom is 0.322 e. The lowest BCUT2D eigenvalue weighted by molar-refractivity contribution is -0.120. The Balaban J connectivity index is 1.45. The van der Waals surface area contributed by atoms with E-state index >= 15 is 0 Å². The van der Waals surface area contributed by atoms with Gasteiger partial charge in [-0.1, -0.05) is 30.3 Å². The summed E-state index contributed by atoms with van der Waals surface area (Å²) in [5, 5.41) is 10.4. The average molecular weight is 395 g/mol. The second-order valence-corrected chi connectivity index (χ2v) is 7.05. The van der Waals surface area contributed by atoms with Gasteiger partial charge >= 0.3 is 12.1 Å². The average Bonchev–Trinajstić information content (AvgIpc) is 3.04. The zero-order valence-corrected chi connectivity index (χ0v) is 16.4. The Morgan fingerprint density at radius 3 is 2.41 bits per heavy atom. The number of anilines is 2. The predicted molar refractivity (Wildman–Crippen MR) is 112 cm³/mol. The standard InChI is InChI=1S/C21H25N5O3/c1-14(26(2)17-6-4-3-5-7-17)13-22-20(28)23-16-10-8-15(9-11-16)12-18-19(27)25-21(29)24-18/h3-11,14,18H,12-13H2,1-2H3,(H2,22,23,28)(H2,24,25,27,29)/t14-,18+/m1/s1. The highest BCUT2D eigenvalue weighted by Crippen LogP contribution is 2.14. The Morgan fingerprint density at radius 2 is 1.79 bits per heavy atom. The topological polar surface area (TPSA) is 103 Å². The van der Waals surface area contributed by atoms with Crippen molar-refractivity contribution in [2.45, 2.75) is 25.4 Å². The Labute approximate surface area is 169 Å². The van der Waals surface area contributed by atoms with Crippen molar-refractivity contribution in [1.29, 1.82) is 0 Å². The number of benzene rings is 2. The van der Waals surface area contributed by atoms with Gasteiger partial charge in [0.25, 0.3) is 5.91 Å². The summed E-state index contributed by atoms with van der Waals surface area (Å²) in [6.45, 7) is 2.53. The number of likely N-dealkylation sites (N-methyl/N-ethyl adjacent to an activating group) is 1. The van der Waals surface area contributed by atoms with E-state index in [2.05, 4.69) is 26.2 Å². The minimum Gasteiger partial charge on any atom is -0.370 e. The lowest BCUT2D eigenvalue weighted by atomic mass is 10.1. The molecule has 0 spiro atoms. The number of carbonyl (C=O) groups excluding carboxylic acids is 3. The zero-order chi connectivity index (χ0) is 20.8. The van der Waals surface area contributed by atoms with Crippen LogP contribution < -0.4 is 26.2 Å². The van der Waals surface area contributed by atoms with Gasteiger partial charge in [0, 0.05) is 37.4 Å². The Hall–Kier alpha value is -3.55. The van der Waals surface area contributed by atoms with Gasteiger partial charge in [-0.2, -0.15) is 0 Å². The lowest BCUT2D eigenvalue weighted by Gasteiger charge is -2.27. The highest BCUT2D eigenvalue weighted by molar-refractivity contribution is 6.04. The Bertz CT molecular complexity index is 870. The van der Waals surface area contributed by atoms with Crippen molar-refractivity contribution in [2.75, 3.05) is 23.8 Å². The summed E-state index contributed by atoms with van der Waals surface area (Å²) in [7, 11) is 1.99. The molecule has 1 aliphatic heterocycles. The van der Waals surface area contributed by atoms with Crippen LogP contribution in [0.4, 0.5) is 21.0 Å². The summed E-state index contributed by atoms with van der Waals surface area (Å²) < 4.78 is 0. The molecule has 4 N–H and O–H groups in total. The smallest absolute Gasteiger partial charge is 0.322 e. The third-order valence-electron chi connectivity index (χ3n) is 4.89. The number of nitrogens with one attached hydrogen (secondary N) is 4. The summed E-state index contributed by atoms with van der Waals surface area (Å²) in [5.41, 5.74) is 2.62. The molecule has 0 aromatic heterocycles. The van der Waals surface area contributed by atoms with Crippen molar-refractivity contribution < 1.29 is 14.4 Å². The molecule has 0 aliphatic carbocycles. The molecule has 2 aromatic carbocycles. The molecule has 2 atom stereocenters. The van der Waals surface area contributed by atoms with Gasteiger partial charge in [-0.3, -0.25) is 10.1 Å². The molecule has 0 saturated carbocycles. The van der Waals surface area contributed by atoms with Crippen molar-refractivity contribution in [3.63, 3.8) is 0 Å². The molecule has 1 heterocycles. The van der Waals surface area contributed by atoms with Crippen molar-refractivity contribution in [3.05, 3.63) is 60.2 Å². The summed E-state index contributed by atoms with van der Waals surface area (Å²) in [6.07, 6.45) is 0.396. The van der Waals surface area contributed by atoms with E-state index in [4.69, 9.17) is 0 Å². The van der Waals surface area contributed by atoms with Crippen molar-refractivity contribution in [2.24, 2.45) is 0 Å². The molecule has 8 heteroatoms. The van der Waals surface area contributed by atoms with E-state index in [1.54, 1.807) is 12.1 Å². The highest BCUT2D eigenvalue weighted by atomic mass is 16.2. The fourth-order valence-corrected chi connectivity index (χ4v) is 3.03. The molecular weight excluding hydrogens is 370 g/mol. The maximum atomic E-state index is 12.2. The van der Waals surface area contributed by atoms with Gasteiger partial charge in [0.15, 0.2) is 0 Å². The molecule has 0 unspecified atom stereocenters. The van der Waals surface area contributed by atoms with Crippen LogP contribution in [0.5, 0.6) is 0 Å². The summed E-state index contributed by atoms with van der Waals surface area (Å²) in [4.78, 5) is 37.0. The number of amides is 5. The van der Waals surface area contributed by atoms with E-state index in [-0.39, 0.29) is 18.0 Å². The molecule has 8 nitrogen and oxygen atoms in total. The van der Waals surface area contributed by atoms with Crippen LogP contribution in [-0.4, -0.2) is 43.6 Å². The lowest BCUT2D eigenvalue weighted by Crippen LogP contribution is -2.41. The van der Waals surface area contributed by atoms with Crippen LogP contribution in [0, 0.1) is 0 Å². The second kappa shape index (κ2) is 9.09. The number of imide groups is 1. The Kier molecular flexibility index (Phi) is 6.33. The van der Waals surface area contributed by atoms with Crippen LogP contribution in [0.3, 0.4) is 0 Å². The number of hydrogen-bond acceptors (Lipinski definition) is 4. The molecular formula is C21H25N5O3. The molecule has 5 amide bonds. The van der Waals surface area contributed by atoms with E-state index in [1.807, 2.05) is 56.4 Å². The molecule has 152 valence electrons. The first-order valence-corrected chi connectivity index (χ1v) is 9.45. The van der Waals surface area contributed by atoms with Gasteiger partial charge in [0.1, 0.15) is 6.04 Å². The zero-order valence-electron chi connectivity index (χ0n) is 16.4. The number of para-hydroxylation sites is 1. The van der Waals surface area contributed by atoms with Crippen LogP contribution in [-0.2, 0) is 11.2 Å². The summed E-state index contributed by atoms with van der Waals surface area (Å²) >= 11 is 0. The summed E-state index contributed by atoms with van der Waals surface area (Å²) in [5.74, 6) is -0.328. The first-order chi connectivity index (χ1) is 13.9. The minimum absolute atomic E-state index is 0.123. The first-order valence-electron chi connectivity index (χ1n) is 9.45. The second-order valence-electron chi connectivity index (χ2n) is 7.05. The molecule has 1 fully saturated rings. The summed E-state index contributed by atoms with van der Waals surface area (Å²) in [6, 6.07) is 16.0. The van der Waals surface area contributed by atoms with E-state index < -0.39 is 12.1 Å². The third kappa shape index (κ3) is 5.47. The molecule has 0 bridgehead atoms. The fourth-order valence-electron chi connectivity index (χ4n) is 3.03. The fraction of sp³-hybridized carbons (Fsp3) is 0.286. The molecule has 2 aromatic rings. The molecule has 29 heavy (non-hydrogen) atoms. The molecule has 1 aliphatic rings. The number of nitrogens with zero attached hydrogens (tertiary/aromatic N) is 1. The largest absolute Gasteiger partial charge is 0.370 e. The highest BCUT2D eigenvalue weighted by Gasteiger charge is 2.29. The number of hydrogen-bond donors (Lipinski definition) is 4. The predicted octanol–water partition coefficient (Wildman–Crippen LogP) is 2.08. The van der Waals surface area contributed by atoms with Gasteiger partial charge in [-0.05, 0) is 36.8 Å². The third-order valence-corrected chi connectivity index (χ3v) is 4.89. The van der Waals surface area contributed by atoms with Gasteiger partial charge in [0.2, 0.25) is 0 Å². The van der Waals surface area contributed by atoms with Crippen molar-refractivity contribution in [1.82, 2.24) is 16.0 Å².